The van der Waals surface area contributed by atoms with Crippen molar-refractivity contribution in [2.45, 2.75) is 83.2 Å². The number of hydrogen-bond donors (Lipinski definition) is 0. The van der Waals surface area contributed by atoms with Crippen LogP contribution in [0.15, 0.2) is 47.0 Å². The number of carbonyl (C=O) groups excluding carboxylic acids is 4. The average molecular weight is 506 g/mol. The van der Waals surface area contributed by atoms with E-state index in [1.807, 2.05) is 18.2 Å². The van der Waals surface area contributed by atoms with Gasteiger partial charge in [-0.1, -0.05) is 39.0 Å². The zero-order valence-corrected chi connectivity index (χ0v) is 23.2. The van der Waals surface area contributed by atoms with Gasteiger partial charge in [0.15, 0.2) is 8.32 Å². The van der Waals surface area contributed by atoms with Crippen LogP contribution < -0.4 is 0 Å². The summed E-state index contributed by atoms with van der Waals surface area (Å²) >= 11 is 0.973. The Morgan fingerprint density at radius 1 is 1.06 bits per heavy atom. The normalized spacial score (nSPS) is 19.0. The highest BCUT2D eigenvalue weighted by Crippen LogP contribution is 2.42. The van der Waals surface area contributed by atoms with Crippen LogP contribution in [0.5, 0.6) is 0 Å². The minimum absolute atomic E-state index is 0.0943. The second kappa shape index (κ2) is 10.2. The summed E-state index contributed by atoms with van der Waals surface area (Å²) in [5.41, 5.74) is -0.748. The predicted octanol–water partition coefficient (Wildman–Crippen LogP) is 4.93. The maximum Gasteiger partial charge on any atom is 0.398 e. The van der Waals surface area contributed by atoms with Crippen LogP contribution in [0.1, 0.15) is 48.5 Å². The SMILES string of the molecule is C[C@@H](O[Si](C)(C)C(C)(C)C)[C@H]1C(=O)N(C(=O)C(=O)OC(C)(C)C)/C1=C\C(=O)Sc1ccccc1. The standard InChI is InChI=1S/C25H35NO6SSi/c1-16(32-34(8,9)25(5,6)7)20-18(15-19(27)33-17-13-11-10-12-14-17)26(21(20)28)22(29)23(30)31-24(2,3)4/h10-16,20H,1-9H3/b18-15-/t16-,20-/m1/s1. The van der Waals surface area contributed by atoms with E-state index >= 15 is 0 Å². The number of β-lactam (4-membered cyclic amide) rings is 1. The van der Waals surface area contributed by atoms with E-state index in [-0.39, 0.29) is 15.9 Å². The van der Waals surface area contributed by atoms with Gasteiger partial charge < -0.3 is 9.16 Å². The van der Waals surface area contributed by atoms with Crippen LogP contribution in [0.25, 0.3) is 0 Å². The summed E-state index contributed by atoms with van der Waals surface area (Å²) in [7, 11) is -2.24. The summed E-state index contributed by atoms with van der Waals surface area (Å²) in [6.07, 6.45) is 0.675. The lowest BCUT2D eigenvalue weighted by atomic mass is 9.88. The molecule has 1 fully saturated rings. The molecule has 186 valence electrons. The van der Waals surface area contributed by atoms with Crippen LogP contribution in [0.2, 0.25) is 18.1 Å². The molecule has 2 atom stereocenters. The van der Waals surface area contributed by atoms with E-state index in [2.05, 4.69) is 33.9 Å². The number of thioether (sulfide) groups is 1. The van der Waals surface area contributed by atoms with Crippen LogP contribution in [0.3, 0.4) is 0 Å². The number of esters is 1. The molecule has 0 spiro atoms. The van der Waals surface area contributed by atoms with Crippen molar-refractivity contribution >= 4 is 43.0 Å². The average Bonchev–Trinajstić information content (AvgIpc) is 2.65. The van der Waals surface area contributed by atoms with Gasteiger partial charge in [-0.05, 0) is 69.7 Å². The molecule has 1 aromatic rings. The summed E-state index contributed by atoms with van der Waals surface area (Å²) < 4.78 is 11.5. The number of amides is 2. The largest absolute Gasteiger partial charge is 0.453 e. The van der Waals surface area contributed by atoms with Gasteiger partial charge in [0.25, 0.3) is 0 Å². The Hall–Kier alpha value is -2.23. The summed E-state index contributed by atoms with van der Waals surface area (Å²) in [5.74, 6) is -3.67. The van der Waals surface area contributed by atoms with Gasteiger partial charge in [0.1, 0.15) is 11.5 Å². The molecule has 7 nitrogen and oxygen atoms in total. The number of imide groups is 1. The third-order valence-corrected chi connectivity index (χ3v) is 11.2. The molecule has 2 amide bonds. The Morgan fingerprint density at radius 2 is 1.62 bits per heavy atom. The van der Waals surface area contributed by atoms with Gasteiger partial charge in [-0.2, -0.15) is 0 Å². The van der Waals surface area contributed by atoms with Gasteiger partial charge in [-0.3, -0.25) is 14.4 Å². The van der Waals surface area contributed by atoms with E-state index < -0.39 is 43.7 Å². The molecule has 34 heavy (non-hydrogen) atoms. The van der Waals surface area contributed by atoms with Crippen molar-refractivity contribution in [1.82, 2.24) is 4.90 Å². The first-order valence-corrected chi connectivity index (χ1v) is 14.9. The zero-order chi connectivity index (χ0) is 26.1. The molecule has 0 aromatic heterocycles. The molecule has 2 rings (SSSR count). The van der Waals surface area contributed by atoms with E-state index in [0.717, 1.165) is 21.6 Å². The smallest absolute Gasteiger partial charge is 0.398 e. The number of benzene rings is 1. The Labute approximate surface area is 207 Å². The number of ether oxygens (including phenoxy) is 1. The summed E-state index contributed by atoms with van der Waals surface area (Å²) in [6.45, 7) is 17.0. The molecule has 1 heterocycles. The molecule has 0 aliphatic carbocycles. The maximum atomic E-state index is 13.1. The summed E-state index contributed by atoms with van der Waals surface area (Å²) in [4.78, 5) is 52.5. The maximum absolute atomic E-state index is 13.1. The van der Waals surface area contributed by atoms with E-state index in [1.165, 1.54) is 6.08 Å². The van der Waals surface area contributed by atoms with E-state index in [0.29, 0.717) is 0 Å². The quantitative estimate of drug-likeness (QED) is 0.140. The number of carbonyl (C=O) groups is 4. The molecule has 0 radical (unpaired) electrons. The van der Waals surface area contributed by atoms with Crippen molar-refractivity contribution in [2.24, 2.45) is 5.92 Å². The van der Waals surface area contributed by atoms with Crippen LogP contribution in [0.4, 0.5) is 0 Å². The topological polar surface area (TPSA) is 90.0 Å². The first-order valence-electron chi connectivity index (χ1n) is 11.2. The van der Waals surface area contributed by atoms with E-state index in [4.69, 9.17) is 9.16 Å². The molecule has 9 heteroatoms. The Kier molecular flexibility index (Phi) is 8.38. The lowest BCUT2D eigenvalue weighted by Gasteiger charge is -2.46. The van der Waals surface area contributed by atoms with E-state index in [1.54, 1.807) is 39.8 Å². The highest BCUT2D eigenvalue weighted by molar-refractivity contribution is 8.14. The third kappa shape index (κ3) is 6.67. The van der Waals surface area contributed by atoms with Gasteiger partial charge >= 0.3 is 11.9 Å². The molecule has 0 N–H and O–H groups in total. The van der Waals surface area contributed by atoms with E-state index in [9.17, 15) is 19.2 Å². The lowest BCUT2D eigenvalue weighted by Crippen LogP contribution is -2.60. The lowest BCUT2D eigenvalue weighted by molar-refractivity contribution is -0.174. The fourth-order valence-corrected chi connectivity index (χ4v) is 5.28. The Balaban J connectivity index is 2.35. The van der Waals surface area contributed by atoms with Crippen molar-refractivity contribution in [3.05, 3.63) is 42.1 Å². The van der Waals surface area contributed by atoms with Crippen LogP contribution in [-0.4, -0.2) is 47.8 Å². The highest BCUT2D eigenvalue weighted by atomic mass is 32.2. The van der Waals surface area contributed by atoms with Gasteiger partial charge in [0.05, 0.1) is 6.10 Å². The summed E-state index contributed by atoms with van der Waals surface area (Å²) in [5, 5.41) is -0.455. The highest BCUT2D eigenvalue weighted by Gasteiger charge is 2.53. The van der Waals surface area contributed by atoms with Gasteiger partial charge in [-0.25, -0.2) is 9.69 Å². The number of likely N-dealkylation sites (tertiary alicyclic amines) is 1. The minimum Gasteiger partial charge on any atom is -0.453 e. The first kappa shape index (κ1) is 28.0. The molecule has 0 saturated carbocycles. The van der Waals surface area contributed by atoms with Crippen molar-refractivity contribution in [1.29, 1.82) is 0 Å². The molecule has 0 unspecified atom stereocenters. The second-order valence-electron chi connectivity index (χ2n) is 10.8. The van der Waals surface area contributed by atoms with Gasteiger partial charge in [-0.15, -0.1) is 0 Å². The molecule has 1 aromatic carbocycles. The van der Waals surface area contributed by atoms with Crippen molar-refractivity contribution in [3.63, 3.8) is 0 Å². The predicted molar refractivity (Wildman–Crippen MR) is 134 cm³/mol. The Morgan fingerprint density at radius 3 is 2.12 bits per heavy atom. The van der Waals surface area contributed by atoms with Gasteiger partial charge in [0.2, 0.25) is 11.0 Å². The fourth-order valence-electron chi connectivity index (χ4n) is 3.16. The monoisotopic (exact) mass is 505 g/mol. The van der Waals surface area contributed by atoms with Crippen LogP contribution in [-0.2, 0) is 28.3 Å². The third-order valence-electron chi connectivity index (χ3n) is 5.82. The molecule has 1 saturated heterocycles. The van der Waals surface area contributed by atoms with Crippen LogP contribution in [0, 0.1) is 5.92 Å². The first-order chi connectivity index (χ1) is 15.4. The van der Waals surface area contributed by atoms with Crippen molar-refractivity contribution in [2.75, 3.05) is 0 Å². The Bertz CT molecular complexity index is 991. The number of rotatable bonds is 5. The molecule has 1 aliphatic heterocycles. The number of hydrogen-bond acceptors (Lipinski definition) is 7. The molecular weight excluding hydrogens is 470 g/mol. The van der Waals surface area contributed by atoms with Crippen LogP contribution >= 0.6 is 11.8 Å². The molecule has 1 aliphatic rings. The zero-order valence-electron chi connectivity index (χ0n) is 21.4. The second-order valence-corrected chi connectivity index (χ2v) is 16.7. The molecular formula is C25H35NO6SSi. The van der Waals surface area contributed by atoms with Crippen molar-refractivity contribution in [3.8, 4) is 0 Å². The van der Waals surface area contributed by atoms with Crippen molar-refractivity contribution < 1.29 is 28.3 Å². The fraction of sp³-hybridized carbons (Fsp3) is 0.520. The summed E-state index contributed by atoms with van der Waals surface area (Å²) in [6, 6.07) is 9.04. The minimum atomic E-state index is -2.24. The van der Waals surface area contributed by atoms with Gasteiger partial charge in [0, 0.05) is 16.7 Å². The number of nitrogens with zero attached hydrogens (tertiary/aromatic N) is 1. The molecule has 0 bridgehead atoms.